The van der Waals surface area contributed by atoms with Crippen LogP contribution in [0.25, 0.3) is 0 Å². The fourth-order valence-corrected chi connectivity index (χ4v) is 4.25. The van der Waals surface area contributed by atoms with E-state index in [0.717, 1.165) is 19.4 Å². The minimum atomic E-state index is -0.823. The Morgan fingerprint density at radius 3 is 2.42 bits per heavy atom. The van der Waals surface area contributed by atoms with Crippen LogP contribution in [0.4, 0.5) is 0 Å². The molecule has 2 heterocycles. The molecule has 0 fully saturated rings. The number of aliphatic carboxylic acids is 1. The van der Waals surface area contributed by atoms with Crippen molar-refractivity contribution in [2.75, 3.05) is 20.8 Å². The van der Waals surface area contributed by atoms with Crippen molar-refractivity contribution in [3.63, 3.8) is 0 Å². The third kappa shape index (κ3) is 4.41. The molecule has 0 spiro atoms. The molecular formula is C18H27N3O4S. The molecule has 0 amide bonds. The van der Waals surface area contributed by atoms with Crippen LogP contribution >= 0.6 is 11.8 Å². The largest absolute Gasteiger partial charge is 0.481 e. The second kappa shape index (κ2) is 8.62. The summed E-state index contributed by atoms with van der Waals surface area (Å²) in [4.78, 5) is 22.7. The summed E-state index contributed by atoms with van der Waals surface area (Å²) in [5.74, 6) is -0.571. The van der Waals surface area contributed by atoms with Crippen LogP contribution in [0, 0.1) is 11.3 Å². The van der Waals surface area contributed by atoms with Crippen molar-refractivity contribution in [2.45, 2.75) is 44.1 Å². The summed E-state index contributed by atoms with van der Waals surface area (Å²) in [6.07, 6.45) is 5.77. The lowest BCUT2D eigenvalue weighted by molar-refractivity contribution is -0.144. The van der Waals surface area contributed by atoms with Gasteiger partial charge in [-0.1, -0.05) is 45.0 Å². The predicted octanol–water partition coefficient (Wildman–Crippen LogP) is 3.27. The van der Waals surface area contributed by atoms with E-state index < -0.39 is 17.3 Å². The van der Waals surface area contributed by atoms with Crippen LogP contribution in [0.15, 0.2) is 23.5 Å². The van der Waals surface area contributed by atoms with Gasteiger partial charge in [0, 0.05) is 12.0 Å². The molecule has 0 saturated carbocycles. The van der Waals surface area contributed by atoms with Crippen molar-refractivity contribution < 1.29 is 19.4 Å². The van der Waals surface area contributed by atoms with Gasteiger partial charge in [0.05, 0.1) is 31.6 Å². The molecule has 7 nitrogen and oxygen atoms in total. The summed E-state index contributed by atoms with van der Waals surface area (Å²) in [5, 5.41) is 10.0. The first-order valence-corrected chi connectivity index (χ1v) is 9.52. The summed E-state index contributed by atoms with van der Waals surface area (Å²) < 4.78 is 10.4. The van der Waals surface area contributed by atoms with Gasteiger partial charge >= 0.3 is 5.97 Å². The minimum absolute atomic E-state index is 0.128. The van der Waals surface area contributed by atoms with E-state index in [1.54, 1.807) is 12.1 Å². The summed E-state index contributed by atoms with van der Waals surface area (Å²) in [5.41, 5.74) is -0.515. The van der Waals surface area contributed by atoms with Gasteiger partial charge in [-0.3, -0.25) is 4.79 Å². The highest BCUT2D eigenvalue weighted by Gasteiger charge is 2.46. The number of hydrogen-bond acceptors (Lipinski definition) is 7. The number of aromatic nitrogens is 2. The standard InChI is InChI=1S/C18H27N3O4S/c1-6-7-9-21-10-8-12(15(22)23)18(2,3)16(21)26-17-19-13(24-4)11-14(20-17)25-5/h8,10-12,16H,6-7,9H2,1-5H3,(H,22,23). The number of nitrogens with zero attached hydrogens (tertiary/aromatic N) is 3. The molecule has 8 heteroatoms. The van der Waals surface area contributed by atoms with E-state index in [-0.39, 0.29) is 5.37 Å². The summed E-state index contributed by atoms with van der Waals surface area (Å²) in [6.45, 7) is 6.94. The van der Waals surface area contributed by atoms with Gasteiger partial charge < -0.3 is 19.5 Å². The predicted molar refractivity (Wildman–Crippen MR) is 100 cm³/mol. The quantitative estimate of drug-likeness (QED) is 0.687. The topological polar surface area (TPSA) is 84.8 Å². The van der Waals surface area contributed by atoms with Crippen LogP contribution in [0.3, 0.4) is 0 Å². The molecule has 0 radical (unpaired) electrons. The van der Waals surface area contributed by atoms with Gasteiger partial charge in [0.25, 0.3) is 0 Å². The molecule has 0 saturated heterocycles. The Hall–Kier alpha value is -1.96. The number of hydrogen-bond donors (Lipinski definition) is 1. The highest BCUT2D eigenvalue weighted by atomic mass is 32.2. The Kier molecular flexibility index (Phi) is 6.75. The van der Waals surface area contributed by atoms with Crippen molar-refractivity contribution >= 4 is 17.7 Å². The van der Waals surface area contributed by atoms with E-state index in [1.165, 1.54) is 26.0 Å². The Labute approximate surface area is 158 Å². The summed E-state index contributed by atoms with van der Waals surface area (Å²) in [7, 11) is 3.08. The summed E-state index contributed by atoms with van der Waals surface area (Å²) >= 11 is 1.44. The molecule has 0 bridgehead atoms. The van der Waals surface area contributed by atoms with E-state index in [4.69, 9.17) is 9.47 Å². The first-order chi connectivity index (χ1) is 12.3. The SMILES string of the molecule is CCCCN1C=CC(C(=O)O)C(C)(C)C1Sc1nc(OC)cc(OC)n1. The first kappa shape index (κ1) is 20.4. The lowest BCUT2D eigenvalue weighted by Gasteiger charge is -2.46. The average Bonchev–Trinajstić information content (AvgIpc) is 2.61. The Balaban J connectivity index is 2.37. The van der Waals surface area contributed by atoms with Crippen LogP contribution < -0.4 is 9.47 Å². The van der Waals surface area contributed by atoms with E-state index in [0.29, 0.717) is 16.9 Å². The van der Waals surface area contributed by atoms with Crippen LogP contribution in [0.1, 0.15) is 33.6 Å². The fraction of sp³-hybridized carbons (Fsp3) is 0.611. The van der Waals surface area contributed by atoms with Crippen LogP contribution in [0.5, 0.6) is 11.8 Å². The fourth-order valence-electron chi connectivity index (χ4n) is 3.00. The Morgan fingerprint density at radius 1 is 1.31 bits per heavy atom. The second-order valence-electron chi connectivity index (χ2n) is 6.78. The van der Waals surface area contributed by atoms with Crippen molar-refractivity contribution in [1.29, 1.82) is 0 Å². The van der Waals surface area contributed by atoms with E-state index in [1.807, 2.05) is 20.0 Å². The summed E-state index contributed by atoms with van der Waals surface area (Å²) in [6, 6.07) is 1.62. The molecule has 144 valence electrons. The lowest BCUT2D eigenvalue weighted by Crippen LogP contribution is -2.49. The zero-order valence-corrected chi connectivity index (χ0v) is 16.7. The number of ether oxygens (including phenoxy) is 2. The normalized spacial score (nSPS) is 21.5. The molecular weight excluding hydrogens is 354 g/mol. The van der Waals surface area contributed by atoms with Crippen LogP contribution in [-0.4, -0.2) is 52.1 Å². The highest BCUT2D eigenvalue weighted by Crippen LogP contribution is 2.46. The maximum atomic E-state index is 11.7. The molecule has 1 N–H and O–H groups in total. The van der Waals surface area contributed by atoms with Crippen molar-refractivity contribution in [3.05, 3.63) is 18.3 Å². The number of rotatable bonds is 8. The maximum absolute atomic E-state index is 11.7. The molecule has 26 heavy (non-hydrogen) atoms. The number of carbonyl (C=O) groups is 1. The molecule has 2 rings (SSSR count). The van der Waals surface area contributed by atoms with Gasteiger partial charge in [0.2, 0.25) is 11.8 Å². The van der Waals surface area contributed by atoms with Gasteiger partial charge in [-0.15, -0.1) is 0 Å². The molecule has 0 aliphatic carbocycles. The van der Waals surface area contributed by atoms with Crippen LogP contribution in [0.2, 0.25) is 0 Å². The number of carboxylic acids is 1. The Morgan fingerprint density at radius 2 is 1.92 bits per heavy atom. The minimum Gasteiger partial charge on any atom is -0.481 e. The van der Waals surface area contributed by atoms with Crippen molar-refractivity contribution in [1.82, 2.24) is 14.9 Å². The molecule has 1 aromatic heterocycles. The number of unbranched alkanes of at least 4 members (excludes halogenated alkanes) is 1. The molecule has 2 atom stereocenters. The van der Waals surface area contributed by atoms with Gasteiger partial charge in [-0.2, -0.15) is 9.97 Å². The Bertz CT molecular complexity index is 644. The van der Waals surface area contributed by atoms with Crippen molar-refractivity contribution in [2.24, 2.45) is 11.3 Å². The third-order valence-corrected chi connectivity index (χ3v) is 6.03. The highest BCUT2D eigenvalue weighted by molar-refractivity contribution is 7.99. The molecule has 1 aliphatic rings. The number of methoxy groups -OCH3 is 2. The molecule has 1 aliphatic heterocycles. The molecule has 2 unspecified atom stereocenters. The third-order valence-electron chi connectivity index (χ3n) is 4.54. The van der Waals surface area contributed by atoms with Gasteiger partial charge in [0.15, 0.2) is 5.16 Å². The monoisotopic (exact) mass is 381 g/mol. The van der Waals surface area contributed by atoms with Crippen molar-refractivity contribution in [3.8, 4) is 11.8 Å². The average molecular weight is 381 g/mol. The number of thioether (sulfide) groups is 1. The number of carboxylic acid groups (broad SMARTS) is 1. The van der Waals surface area contributed by atoms with Crippen LogP contribution in [-0.2, 0) is 4.79 Å². The molecule has 0 aromatic carbocycles. The first-order valence-electron chi connectivity index (χ1n) is 8.64. The zero-order chi connectivity index (χ0) is 19.3. The molecule has 1 aromatic rings. The van der Waals surface area contributed by atoms with Gasteiger partial charge in [-0.25, -0.2) is 0 Å². The van der Waals surface area contributed by atoms with E-state index >= 15 is 0 Å². The maximum Gasteiger partial charge on any atom is 0.311 e. The van der Waals surface area contributed by atoms with E-state index in [9.17, 15) is 9.90 Å². The smallest absolute Gasteiger partial charge is 0.311 e. The van der Waals surface area contributed by atoms with Gasteiger partial charge in [0.1, 0.15) is 0 Å². The zero-order valence-electron chi connectivity index (χ0n) is 15.9. The second-order valence-corrected chi connectivity index (χ2v) is 7.82. The van der Waals surface area contributed by atoms with E-state index in [2.05, 4.69) is 21.8 Å². The lowest BCUT2D eigenvalue weighted by atomic mass is 9.76. The van der Waals surface area contributed by atoms with Gasteiger partial charge in [-0.05, 0) is 12.6 Å².